The Labute approximate surface area is 74.4 Å². The topological polar surface area (TPSA) is 17.1 Å². The van der Waals surface area contributed by atoms with E-state index in [-0.39, 0.29) is 30.1 Å². The monoisotopic (exact) mass is 182 g/mol. The summed E-state index contributed by atoms with van der Waals surface area (Å²) in [6.07, 6.45) is 0.551. The molecule has 0 radical (unpaired) electrons. The maximum Gasteiger partial charge on any atom is 0.134 e. The first-order valence-electron chi connectivity index (χ1n) is 4.14. The number of carbonyl (C=O) groups is 1. The second-order valence-electron chi connectivity index (χ2n) is 3.28. The third-order valence-electron chi connectivity index (χ3n) is 2.36. The lowest BCUT2D eigenvalue weighted by Crippen LogP contribution is -2.23. The second-order valence-corrected chi connectivity index (χ2v) is 3.28. The normalized spacial score (nSPS) is 17.2. The van der Waals surface area contributed by atoms with Crippen molar-refractivity contribution < 1.29 is 13.6 Å². The molecule has 0 N–H and O–H groups in total. The standard InChI is InChI=1S/C10H8F2O/c11-8-2-1-3-9(12)10(8)6-4-7(13)5-6/h1-3,6H,4-5H2. The van der Waals surface area contributed by atoms with Crippen molar-refractivity contribution in [2.24, 2.45) is 0 Å². The van der Waals surface area contributed by atoms with E-state index in [0.717, 1.165) is 0 Å². The van der Waals surface area contributed by atoms with Gasteiger partial charge in [0.25, 0.3) is 0 Å². The lowest BCUT2D eigenvalue weighted by molar-refractivity contribution is -0.124. The molecule has 68 valence electrons. The predicted molar refractivity (Wildman–Crippen MR) is 43.3 cm³/mol. The molecule has 0 heterocycles. The lowest BCUT2D eigenvalue weighted by Gasteiger charge is -2.24. The van der Waals surface area contributed by atoms with Gasteiger partial charge in [-0.25, -0.2) is 8.78 Å². The molecule has 1 aliphatic rings. The Balaban J connectivity index is 2.34. The molecule has 0 amide bonds. The van der Waals surface area contributed by atoms with E-state index in [1.54, 1.807) is 0 Å². The summed E-state index contributed by atoms with van der Waals surface area (Å²) in [5.41, 5.74) is 0.0714. The zero-order valence-electron chi connectivity index (χ0n) is 6.89. The molecule has 1 saturated carbocycles. The fraction of sp³-hybridized carbons (Fsp3) is 0.300. The molecule has 0 atom stereocenters. The largest absolute Gasteiger partial charge is 0.300 e. The van der Waals surface area contributed by atoms with Crippen LogP contribution < -0.4 is 0 Å². The molecule has 1 aromatic rings. The van der Waals surface area contributed by atoms with Gasteiger partial charge in [-0.05, 0) is 12.1 Å². The van der Waals surface area contributed by atoms with Crippen molar-refractivity contribution in [3.05, 3.63) is 35.4 Å². The smallest absolute Gasteiger partial charge is 0.134 e. The van der Waals surface area contributed by atoms with E-state index in [0.29, 0.717) is 0 Å². The molecular formula is C10H8F2O. The molecule has 1 aliphatic carbocycles. The van der Waals surface area contributed by atoms with E-state index < -0.39 is 11.6 Å². The van der Waals surface area contributed by atoms with Gasteiger partial charge in [0.05, 0.1) is 0 Å². The van der Waals surface area contributed by atoms with Gasteiger partial charge in [0.1, 0.15) is 17.4 Å². The van der Waals surface area contributed by atoms with Gasteiger partial charge in [0.2, 0.25) is 0 Å². The summed E-state index contributed by atoms with van der Waals surface area (Å²) >= 11 is 0. The van der Waals surface area contributed by atoms with Crippen molar-refractivity contribution in [1.82, 2.24) is 0 Å². The number of ketones is 1. The highest BCUT2D eigenvalue weighted by Gasteiger charge is 2.31. The second kappa shape index (κ2) is 2.91. The van der Waals surface area contributed by atoms with Gasteiger partial charge >= 0.3 is 0 Å². The molecule has 0 saturated heterocycles. The third kappa shape index (κ3) is 1.34. The van der Waals surface area contributed by atoms with Crippen molar-refractivity contribution >= 4 is 5.78 Å². The summed E-state index contributed by atoms with van der Waals surface area (Å²) in [5, 5.41) is 0. The van der Waals surface area contributed by atoms with E-state index >= 15 is 0 Å². The average Bonchev–Trinajstić information content (AvgIpc) is 2.00. The van der Waals surface area contributed by atoms with Gasteiger partial charge in [-0.2, -0.15) is 0 Å². The summed E-state index contributed by atoms with van der Waals surface area (Å²) in [7, 11) is 0. The molecule has 0 aliphatic heterocycles. The van der Waals surface area contributed by atoms with Crippen molar-refractivity contribution in [3.8, 4) is 0 Å². The summed E-state index contributed by atoms with van der Waals surface area (Å²) in [6, 6.07) is 3.77. The Morgan fingerprint density at radius 1 is 1.15 bits per heavy atom. The van der Waals surface area contributed by atoms with Crippen LogP contribution >= 0.6 is 0 Å². The van der Waals surface area contributed by atoms with Gasteiger partial charge < -0.3 is 0 Å². The molecule has 0 bridgehead atoms. The molecular weight excluding hydrogens is 174 g/mol. The summed E-state index contributed by atoms with van der Waals surface area (Å²) in [6.45, 7) is 0. The van der Waals surface area contributed by atoms with Crippen LogP contribution in [0.3, 0.4) is 0 Å². The van der Waals surface area contributed by atoms with Crippen LogP contribution in [0.5, 0.6) is 0 Å². The highest BCUT2D eigenvalue weighted by atomic mass is 19.1. The zero-order valence-corrected chi connectivity index (χ0v) is 6.89. The molecule has 0 spiro atoms. The molecule has 1 fully saturated rings. The number of hydrogen-bond donors (Lipinski definition) is 0. The van der Waals surface area contributed by atoms with E-state index in [9.17, 15) is 13.6 Å². The number of hydrogen-bond acceptors (Lipinski definition) is 1. The van der Waals surface area contributed by atoms with Crippen molar-refractivity contribution in [2.45, 2.75) is 18.8 Å². The number of rotatable bonds is 1. The van der Waals surface area contributed by atoms with Crippen molar-refractivity contribution in [2.75, 3.05) is 0 Å². The van der Waals surface area contributed by atoms with Crippen molar-refractivity contribution in [3.63, 3.8) is 0 Å². The number of Topliss-reactive ketones (excluding diaryl/α,β-unsaturated/α-hetero) is 1. The minimum atomic E-state index is -0.544. The minimum absolute atomic E-state index is 0.0714. The number of carbonyl (C=O) groups excluding carboxylic acids is 1. The van der Waals surface area contributed by atoms with E-state index in [4.69, 9.17) is 0 Å². The van der Waals surface area contributed by atoms with Crippen LogP contribution in [0.15, 0.2) is 18.2 Å². The fourth-order valence-corrected chi connectivity index (χ4v) is 1.59. The van der Waals surface area contributed by atoms with E-state index in [1.807, 2.05) is 0 Å². The number of halogens is 2. The van der Waals surface area contributed by atoms with Crippen LogP contribution in [-0.4, -0.2) is 5.78 Å². The molecule has 13 heavy (non-hydrogen) atoms. The SMILES string of the molecule is O=C1CC(c2c(F)cccc2F)C1. The number of benzene rings is 1. The quantitative estimate of drug-likeness (QED) is 0.651. The summed E-state index contributed by atoms with van der Waals surface area (Å²) in [5.74, 6) is -1.25. The molecule has 1 nitrogen and oxygen atoms in total. The van der Waals surface area contributed by atoms with E-state index in [1.165, 1.54) is 18.2 Å². The van der Waals surface area contributed by atoms with Crippen LogP contribution in [0, 0.1) is 11.6 Å². The first-order valence-corrected chi connectivity index (χ1v) is 4.14. The van der Waals surface area contributed by atoms with Crippen LogP contribution in [-0.2, 0) is 4.79 Å². The van der Waals surface area contributed by atoms with E-state index in [2.05, 4.69) is 0 Å². The molecule has 3 heteroatoms. The zero-order chi connectivity index (χ0) is 9.42. The lowest BCUT2D eigenvalue weighted by atomic mass is 9.78. The van der Waals surface area contributed by atoms with Gasteiger partial charge in [0.15, 0.2) is 0 Å². The Morgan fingerprint density at radius 2 is 1.69 bits per heavy atom. The van der Waals surface area contributed by atoms with Gasteiger partial charge in [-0.3, -0.25) is 4.79 Å². The molecule has 2 rings (SSSR count). The maximum atomic E-state index is 13.1. The minimum Gasteiger partial charge on any atom is -0.300 e. The van der Waals surface area contributed by atoms with Gasteiger partial charge in [0, 0.05) is 24.3 Å². The Bertz CT molecular complexity index is 332. The molecule has 0 unspecified atom stereocenters. The van der Waals surface area contributed by atoms with Crippen LogP contribution in [0.1, 0.15) is 24.3 Å². The third-order valence-corrected chi connectivity index (χ3v) is 2.36. The van der Waals surface area contributed by atoms with Crippen molar-refractivity contribution in [1.29, 1.82) is 0 Å². The van der Waals surface area contributed by atoms with Gasteiger partial charge in [-0.1, -0.05) is 6.07 Å². The Kier molecular flexibility index (Phi) is 1.87. The van der Waals surface area contributed by atoms with Crippen LogP contribution in [0.4, 0.5) is 8.78 Å². The average molecular weight is 182 g/mol. The fourth-order valence-electron chi connectivity index (χ4n) is 1.59. The van der Waals surface area contributed by atoms with Gasteiger partial charge in [-0.15, -0.1) is 0 Å². The molecule has 0 aromatic heterocycles. The van der Waals surface area contributed by atoms with Crippen LogP contribution in [0.2, 0.25) is 0 Å². The molecule has 1 aromatic carbocycles. The maximum absolute atomic E-state index is 13.1. The Morgan fingerprint density at radius 3 is 2.15 bits per heavy atom. The first-order chi connectivity index (χ1) is 6.18. The summed E-state index contributed by atoms with van der Waals surface area (Å²) in [4.78, 5) is 10.7. The first kappa shape index (κ1) is 8.35. The Hall–Kier alpha value is -1.25. The highest BCUT2D eigenvalue weighted by Crippen LogP contribution is 2.36. The summed E-state index contributed by atoms with van der Waals surface area (Å²) < 4.78 is 26.2. The highest BCUT2D eigenvalue weighted by molar-refractivity contribution is 5.86. The van der Waals surface area contributed by atoms with Crippen LogP contribution in [0.25, 0.3) is 0 Å². The predicted octanol–water partition coefficient (Wildman–Crippen LogP) is 2.41.